The maximum atomic E-state index is 10.5. The molecule has 5 atom stereocenters. The van der Waals surface area contributed by atoms with Gasteiger partial charge < -0.3 is 30.5 Å². The summed E-state index contributed by atoms with van der Waals surface area (Å²) < 4.78 is 5.28. The first kappa shape index (κ1) is 14.6. The van der Waals surface area contributed by atoms with E-state index in [9.17, 15) is 20.4 Å². The van der Waals surface area contributed by atoms with Crippen molar-refractivity contribution in [3.05, 3.63) is 30.3 Å². The molecule has 2 heterocycles. The van der Waals surface area contributed by atoms with Crippen molar-refractivity contribution < 1.29 is 25.2 Å². The topological polar surface area (TPSA) is 105 Å². The molecule has 21 heavy (non-hydrogen) atoms. The zero-order valence-corrected chi connectivity index (χ0v) is 11.8. The SMILES string of the molecule is O[C@@H]1[C@@H](O)[C@H](O)[C@@]2(O)CO[C@H]1N2C(=S)Nc1ccccc1. The van der Waals surface area contributed by atoms with Gasteiger partial charge in [-0.05, 0) is 24.4 Å². The molecule has 1 aromatic rings. The molecule has 114 valence electrons. The number of benzene rings is 1. The average Bonchev–Trinajstić information content (AvgIpc) is 2.81. The van der Waals surface area contributed by atoms with Crippen molar-refractivity contribution in [1.82, 2.24) is 4.90 Å². The maximum absolute atomic E-state index is 10.5. The van der Waals surface area contributed by atoms with Crippen molar-refractivity contribution in [3.8, 4) is 0 Å². The number of fused-ring (bicyclic) bond motifs is 2. The number of aliphatic hydroxyl groups is 4. The fourth-order valence-electron chi connectivity index (χ4n) is 2.68. The van der Waals surface area contributed by atoms with Crippen LogP contribution in [0.25, 0.3) is 0 Å². The predicted molar refractivity (Wildman–Crippen MR) is 77.2 cm³/mol. The molecular weight excluding hydrogens is 296 g/mol. The highest BCUT2D eigenvalue weighted by molar-refractivity contribution is 7.80. The van der Waals surface area contributed by atoms with Crippen LogP contribution in [0.15, 0.2) is 30.3 Å². The number of nitrogens with zero attached hydrogens (tertiary/aromatic N) is 1. The molecule has 0 amide bonds. The van der Waals surface area contributed by atoms with E-state index in [1.165, 1.54) is 4.90 Å². The zero-order chi connectivity index (χ0) is 15.2. The Morgan fingerprint density at radius 1 is 1.24 bits per heavy atom. The summed E-state index contributed by atoms with van der Waals surface area (Å²) in [7, 11) is 0. The molecule has 0 saturated carbocycles. The van der Waals surface area contributed by atoms with Crippen molar-refractivity contribution in [3.63, 3.8) is 0 Å². The van der Waals surface area contributed by atoms with Gasteiger partial charge >= 0.3 is 0 Å². The first-order chi connectivity index (χ1) is 9.95. The van der Waals surface area contributed by atoms with Crippen LogP contribution in [0.4, 0.5) is 5.69 Å². The predicted octanol–water partition coefficient (Wildman–Crippen LogP) is -1.17. The molecule has 2 saturated heterocycles. The molecule has 3 rings (SSSR count). The third-order valence-corrected chi connectivity index (χ3v) is 4.12. The Balaban J connectivity index is 1.86. The molecular formula is C13H16N2O5S. The molecule has 2 bridgehead atoms. The van der Waals surface area contributed by atoms with Crippen LogP contribution in [0.2, 0.25) is 0 Å². The second-order valence-corrected chi connectivity index (χ2v) is 5.56. The minimum Gasteiger partial charge on any atom is -0.387 e. The van der Waals surface area contributed by atoms with Crippen molar-refractivity contribution in [2.45, 2.75) is 30.3 Å². The Bertz CT molecular complexity index is 545. The Kier molecular flexibility index (Phi) is 3.60. The van der Waals surface area contributed by atoms with Crippen LogP contribution >= 0.6 is 12.2 Å². The van der Waals surface area contributed by atoms with Gasteiger partial charge in [-0.2, -0.15) is 0 Å². The maximum Gasteiger partial charge on any atom is 0.194 e. The van der Waals surface area contributed by atoms with Crippen LogP contribution < -0.4 is 5.32 Å². The van der Waals surface area contributed by atoms with Crippen LogP contribution in [-0.2, 0) is 4.74 Å². The van der Waals surface area contributed by atoms with E-state index in [0.717, 1.165) is 0 Å². The van der Waals surface area contributed by atoms with Crippen LogP contribution in [0.3, 0.4) is 0 Å². The van der Waals surface area contributed by atoms with Crippen LogP contribution in [0.5, 0.6) is 0 Å². The summed E-state index contributed by atoms with van der Waals surface area (Å²) in [4.78, 5) is 1.19. The van der Waals surface area contributed by atoms with E-state index >= 15 is 0 Å². The molecule has 8 heteroatoms. The van der Waals surface area contributed by atoms with E-state index in [0.29, 0.717) is 5.69 Å². The Hall–Kier alpha value is -1.29. The van der Waals surface area contributed by atoms with E-state index in [1.54, 1.807) is 12.1 Å². The minimum absolute atomic E-state index is 0.0937. The standard InChI is InChI=1S/C13H16N2O5S/c16-8-9(17)11-15(13(19,6-20-11)10(8)18)12(21)14-7-4-2-1-3-5-7/h1-5,8-11,16-19H,6H2,(H,14,21)/t8-,9-,10+,11-,13+/m1/s1. The number of aliphatic hydroxyl groups excluding tert-OH is 3. The van der Waals surface area contributed by atoms with Gasteiger partial charge in [0.25, 0.3) is 0 Å². The molecule has 0 aliphatic carbocycles. The smallest absolute Gasteiger partial charge is 0.194 e. The largest absolute Gasteiger partial charge is 0.387 e. The van der Waals surface area contributed by atoms with Crippen molar-refractivity contribution in [2.24, 2.45) is 0 Å². The van der Waals surface area contributed by atoms with E-state index in [4.69, 9.17) is 17.0 Å². The average molecular weight is 312 g/mol. The molecule has 0 unspecified atom stereocenters. The number of hydrogen-bond acceptors (Lipinski definition) is 6. The fourth-order valence-corrected chi connectivity index (χ4v) is 3.06. The van der Waals surface area contributed by atoms with Gasteiger partial charge in [-0.15, -0.1) is 0 Å². The summed E-state index contributed by atoms with van der Waals surface area (Å²) >= 11 is 5.24. The van der Waals surface area contributed by atoms with Crippen molar-refractivity contribution in [1.29, 1.82) is 0 Å². The minimum atomic E-state index is -1.87. The lowest BCUT2D eigenvalue weighted by Gasteiger charge is -2.47. The lowest BCUT2D eigenvalue weighted by Crippen LogP contribution is -2.71. The Labute approximate surface area is 126 Å². The third kappa shape index (κ3) is 2.20. The molecule has 5 N–H and O–H groups in total. The van der Waals surface area contributed by atoms with Gasteiger partial charge in [0.1, 0.15) is 24.9 Å². The second kappa shape index (κ2) is 5.16. The summed E-state index contributed by atoms with van der Waals surface area (Å²) in [5.74, 6) is 0. The Morgan fingerprint density at radius 2 is 1.90 bits per heavy atom. The van der Waals surface area contributed by atoms with E-state index in [-0.39, 0.29) is 11.7 Å². The van der Waals surface area contributed by atoms with Gasteiger partial charge in [0.2, 0.25) is 0 Å². The van der Waals surface area contributed by atoms with Gasteiger partial charge in [0.05, 0.1) is 0 Å². The molecule has 2 aliphatic rings. The molecule has 1 aromatic carbocycles. The zero-order valence-electron chi connectivity index (χ0n) is 11.0. The summed E-state index contributed by atoms with van der Waals surface area (Å²) in [5, 5.41) is 43.3. The first-order valence-electron chi connectivity index (χ1n) is 6.49. The number of rotatable bonds is 1. The van der Waals surface area contributed by atoms with Crippen LogP contribution in [0.1, 0.15) is 0 Å². The molecule has 2 fully saturated rings. The molecule has 0 spiro atoms. The van der Waals surface area contributed by atoms with Gasteiger partial charge in [0.15, 0.2) is 17.1 Å². The highest BCUT2D eigenvalue weighted by Crippen LogP contribution is 2.38. The number of thiocarbonyl (C=S) groups is 1. The van der Waals surface area contributed by atoms with E-state index < -0.39 is 30.3 Å². The second-order valence-electron chi connectivity index (χ2n) is 5.17. The van der Waals surface area contributed by atoms with Gasteiger partial charge in [0, 0.05) is 5.69 Å². The lowest BCUT2D eigenvalue weighted by atomic mass is 9.92. The van der Waals surface area contributed by atoms with Crippen LogP contribution in [0, 0.1) is 0 Å². The van der Waals surface area contributed by atoms with Crippen LogP contribution in [-0.4, -0.2) is 67.3 Å². The van der Waals surface area contributed by atoms with Gasteiger partial charge in [-0.3, -0.25) is 4.90 Å². The molecule has 0 aromatic heterocycles. The molecule has 7 nitrogen and oxygen atoms in total. The first-order valence-corrected chi connectivity index (χ1v) is 6.89. The summed E-state index contributed by atoms with van der Waals surface area (Å²) in [5.41, 5.74) is -1.18. The van der Waals surface area contributed by atoms with Gasteiger partial charge in [-0.1, -0.05) is 18.2 Å². The number of piperidine rings is 1. The number of nitrogens with one attached hydrogen (secondary N) is 1. The lowest BCUT2D eigenvalue weighted by molar-refractivity contribution is -0.229. The summed E-state index contributed by atoms with van der Waals surface area (Å²) in [6.45, 7) is -0.260. The fraction of sp³-hybridized carbons (Fsp3) is 0.462. The summed E-state index contributed by atoms with van der Waals surface area (Å²) in [6, 6.07) is 9.04. The quantitative estimate of drug-likeness (QED) is 0.413. The number of para-hydroxylation sites is 1. The third-order valence-electron chi connectivity index (χ3n) is 3.82. The normalized spacial score (nSPS) is 38.4. The van der Waals surface area contributed by atoms with Gasteiger partial charge in [-0.25, -0.2) is 0 Å². The van der Waals surface area contributed by atoms with Crippen molar-refractivity contribution in [2.75, 3.05) is 11.9 Å². The summed E-state index contributed by atoms with van der Waals surface area (Å²) in [6.07, 6.45) is -5.49. The van der Waals surface area contributed by atoms with E-state index in [1.807, 2.05) is 18.2 Å². The number of hydrogen-bond donors (Lipinski definition) is 5. The van der Waals surface area contributed by atoms with Crippen molar-refractivity contribution >= 4 is 23.0 Å². The number of anilines is 1. The Morgan fingerprint density at radius 3 is 2.57 bits per heavy atom. The highest BCUT2D eigenvalue weighted by atomic mass is 32.1. The molecule has 2 aliphatic heterocycles. The highest BCUT2D eigenvalue weighted by Gasteiger charge is 2.62. The van der Waals surface area contributed by atoms with E-state index in [2.05, 4.69) is 5.32 Å². The monoisotopic (exact) mass is 312 g/mol. The number of ether oxygens (including phenoxy) is 1. The molecule has 0 radical (unpaired) electrons.